The number of nitrogens with one attached hydrogen (secondary N) is 1. The molecular formula is C18H21N5O2. The van der Waals surface area contributed by atoms with Crippen molar-refractivity contribution < 1.29 is 9.53 Å². The molecule has 0 spiro atoms. The lowest BCUT2D eigenvalue weighted by molar-refractivity contribution is 0.0783. The second kappa shape index (κ2) is 7.76. The van der Waals surface area contributed by atoms with Crippen LogP contribution in [0.3, 0.4) is 0 Å². The Kier molecular flexibility index (Phi) is 5.25. The standard InChI is InChI=1S/C18H21N5O2/c1-22(12-16-8-17(13-25-2)21-20-16)18(24)15-9-19-23(11-15)10-14-6-4-3-5-7-14/h3-9,11H,10,12-13H2,1-2H3,(H,20,21). The van der Waals surface area contributed by atoms with E-state index in [0.29, 0.717) is 25.3 Å². The fourth-order valence-electron chi connectivity index (χ4n) is 2.59. The molecule has 0 unspecified atom stereocenters. The number of benzene rings is 1. The van der Waals surface area contributed by atoms with E-state index < -0.39 is 0 Å². The van der Waals surface area contributed by atoms with Crippen LogP contribution in [-0.4, -0.2) is 44.9 Å². The van der Waals surface area contributed by atoms with Crippen LogP contribution in [-0.2, 0) is 24.4 Å². The number of carbonyl (C=O) groups excluding carboxylic acids is 1. The first-order valence-electron chi connectivity index (χ1n) is 7.99. The molecule has 0 radical (unpaired) electrons. The highest BCUT2D eigenvalue weighted by Crippen LogP contribution is 2.09. The van der Waals surface area contributed by atoms with Gasteiger partial charge in [0.1, 0.15) is 0 Å². The van der Waals surface area contributed by atoms with Crippen molar-refractivity contribution >= 4 is 5.91 Å². The number of amides is 1. The minimum absolute atomic E-state index is 0.0813. The lowest BCUT2D eigenvalue weighted by atomic mass is 10.2. The van der Waals surface area contributed by atoms with Gasteiger partial charge in [0.05, 0.1) is 42.8 Å². The smallest absolute Gasteiger partial charge is 0.257 e. The van der Waals surface area contributed by atoms with Crippen LogP contribution in [0.4, 0.5) is 0 Å². The molecule has 7 nitrogen and oxygen atoms in total. The van der Waals surface area contributed by atoms with Crippen LogP contribution < -0.4 is 0 Å². The maximum atomic E-state index is 12.6. The molecule has 2 heterocycles. The van der Waals surface area contributed by atoms with Gasteiger partial charge in [0.2, 0.25) is 0 Å². The number of rotatable bonds is 7. The molecule has 0 bridgehead atoms. The predicted molar refractivity (Wildman–Crippen MR) is 92.9 cm³/mol. The molecule has 3 aromatic rings. The summed E-state index contributed by atoms with van der Waals surface area (Å²) in [5.41, 5.74) is 3.38. The van der Waals surface area contributed by atoms with Crippen molar-refractivity contribution in [3.63, 3.8) is 0 Å². The van der Waals surface area contributed by atoms with Gasteiger partial charge in [-0.2, -0.15) is 10.2 Å². The van der Waals surface area contributed by atoms with Crippen LogP contribution in [0.25, 0.3) is 0 Å². The highest BCUT2D eigenvalue weighted by Gasteiger charge is 2.15. The summed E-state index contributed by atoms with van der Waals surface area (Å²) >= 11 is 0. The zero-order valence-electron chi connectivity index (χ0n) is 14.3. The zero-order valence-corrected chi connectivity index (χ0v) is 14.3. The average Bonchev–Trinajstić information content (AvgIpc) is 3.25. The number of aromatic nitrogens is 4. The van der Waals surface area contributed by atoms with Gasteiger partial charge in [-0.05, 0) is 11.6 Å². The predicted octanol–water partition coefficient (Wildman–Crippen LogP) is 2.07. The Balaban J connectivity index is 1.62. The first-order valence-corrected chi connectivity index (χ1v) is 7.99. The molecule has 1 amide bonds. The minimum Gasteiger partial charge on any atom is -0.378 e. The summed E-state index contributed by atoms with van der Waals surface area (Å²) in [4.78, 5) is 14.2. The molecular weight excluding hydrogens is 318 g/mol. The summed E-state index contributed by atoms with van der Waals surface area (Å²) in [6.45, 7) is 1.53. The van der Waals surface area contributed by atoms with Gasteiger partial charge in [-0.1, -0.05) is 30.3 Å². The Morgan fingerprint density at radius 2 is 2.12 bits per heavy atom. The number of nitrogens with zero attached hydrogens (tertiary/aromatic N) is 4. The molecule has 0 aliphatic carbocycles. The Morgan fingerprint density at radius 1 is 1.32 bits per heavy atom. The topological polar surface area (TPSA) is 76.0 Å². The highest BCUT2D eigenvalue weighted by atomic mass is 16.5. The lowest BCUT2D eigenvalue weighted by Crippen LogP contribution is -2.26. The van der Waals surface area contributed by atoms with Crippen molar-refractivity contribution in [3.8, 4) is 0 Å². The molecule has 0 atom stereocenters. The van der Waals surface area contributed by atoms with Gasteiger partial charge in [-0.25, -0.2) is 0 Å². The molecule has 0 aliphatic rings. The van der Waals surface area contributed by atoms with Crippen LogP contribution in [0.1, 0.15) is 27.3 Å². The summed E-state index contributed by atoms with van der Waals surface area (Å²) < 4.78 is 6.81. The molecule has 1 aromatic carbocycles. The quantitative estimate of drug-likeness (QED) is 0.715. The van der Waals surface area contributed by atoms with E-state index >= 15 is 0 Å². The van der Waals surface area contributed by atoms with Crippen molar-refractivity contribution in [2.24, 2.45) is 0 Å². The van der Waals surface area contributed by atoms with E-state index in [-0.39, 0.29) is 5.91 Å². The second-order valence-corrected chi connectivity index (χ2v) is 5.89. The summed E-state index contributed by atoms with van der Waals surface area (Å²) in [6.07, 6.45) is 3.38. The molecule has 3 rings (SSSR count). The SMILES string of the molecule is COCc1cc(CN(C)C(=O)c2cnn(Cc3ccccc3)c2)[nH]n1. The van der Waals surface area contributed by atoms with Gasteiger partial charge >= 0.3 is 0 Å². The third-order valence-corrected chi connectivity index (χ3v) is 3.80. The van der Waals surface area contributed by atoms with Crippen molar-refractivity contribution in [2.45, 2.75) is 19.7 Å². The van der Waals surface area contributed by atoms with Crippen molar-refractivity contribution in [3.05, 3.63) is 71.3 Å². The Hall–Kier alpha value is -2.93. The number of H-pyrrole nitrogens is 1. The zero-order chi connectivity index (χ0) is 17.6. The van der Waals surface area contributed by atoms with Crippen LogP contribution in [0.2, 0.25) is 0 Å². The van der Waals surface area contributed by atoms with E-state index in [4.69, 9.17) is 4.74 Å². The van der Waals surface area contributed by atoms with Gasteiger partial charge in [0.25, 0.3) is 5.91 Å². The molecule has 130 valence electrons. The van der Waals surface area contributed by atoms with E-state index in [1.807, 2.05) is 36.4 Å². The molecule has 0 aliphatic heterocycles. The van der Waals surface area contributed by atoms with E-state index in [1.165, 1.54) is 0 Å². The van der Waals surface area contributed by atoms with Crippen molar-refractivity contribution in [1.82, 2.24) is 24.9 Å². The van der Waals surface area contributed by atoms with Crippen molar-refractivity contribution in [1.29, 1.82) is 0 Å². The third kappa shape index (κ3) is 4.33. The molecule has 2 aromatic heterocycles. The highest BCUT2D eigenvalue weighted by molar-refractivity contribution is 5.93. The Labute approximate surface area is 146 Å². The third-order valence-electron chi connectivity index (χ3n) is 3.80. The summed E-state index contributed by atoms with van der Waals surface area (Å²) in [5.74, 6) is -0.0813. The molecule has 1 N–H and O–H groups in total. The Morgan fingerprint density at radius 3 is 2.88 bits per heavy atom. The lowest BCUT2D eigenvalue weighted by Gasteiger charge is -2.14. The van der Waals surface area contributed by atoms with Crippen molar-refractivity contribution in [2.75, 3.05) is 14.2 Å². The van der Waals surface area contributed by atoms with Gasteiger partial charge in [0, 0.05) is 20.4 Å². The number of hydrogen-bond donors (Lipinski definition) is 1. The summed E-state index contributed by atoms with van der Waals surface area (Å²) in [6, 6.07) is 11.9. The normalized spacial score (nSPS) is 10.8. The summed E-state index contributed by atoms with van der Waals surface area (Å²) in [7, 11) is 3.38. The second-order valence-electron chi connectivity index (χ2n) is 5.89. The van der Waals surface area contributed by atoms with Crippen LogP contribution in [0.15, 0.2) is 48.8 Å². The molecule has 0 saturated heterocycles. The maximum absolute atomic E-state index is 12.6. The average molecular weight is 339 g/mol. The minimum atomic E-state index is -0.0813. The monoisotopic (exact) mass is 339 g/mol. The fourth-order valence-corrected chi connectivity index (χ4v) is 2.59. The maximum Gasteiger partial charge on any atom is 0.257 e. The number of aromatic amines is 1. The first-order chi connectivity index (χ1) is 12.2. The molecule has 25 heavy (non-hydrogen) atoms. The number of hydrogen-bond acceptors (Lipinski definition) is 4. The number of ether oxygens (including phenoxy) is 1. The molecule has 7 heteroatoms. The van der Waals surface area contributed by atoms with Gasteiger partial charge in [-0.15, -0.1) is 0 Å². The number of carbonyl (C=O) groups is 1. The summed E-state index contributed by atoms with van der Waals surface area (Å²) in [5, 5.41) is 11.3. The molecule has 0 fully saturated rings. The van der Waals surface area contributed by atoms with Crippen LogP contribution in [0, 0.1) is 0 Å². The van der Waals surface area contributed by atoms with Crippen LogP contribution in [0.5, 0.6) is 0 Å². The largest absolute Gasteiger partial charge is 0.378 e. The van der Waals surface area contributed by atoms with Gasteiger partial charge in [0.15, 0.2) is 0 Å². The van der Waals surface area contributed by atoms with E-state index in [2.05, 4.69) is 15.3 Å². The molecule has 0 saturated carbocycles. The first kappa shape index (κ1) is 16.9. The number of methoxy groups -OCH3 is 1. The fraction of sp³-hybridized carbons (Fsp3) is 0.278. The van der Waals surface area contributed by atoms with Gasteiger partial charge < -0.3 is 9.64 Å². The van der Waals surface area contributed by atoms with E-state index in [0.717, 1.165) is 17.0 Å². The Bertz CT molecular complexity index is 825. The van der Waals surface area contributed by atoms with E-state index in [9.17, 15) is 4.79 Å². The van der Waals surface area contributed by atoms with Gasteiger partial charge in [-0.3, -0.25) is 14.6 Å². The van der Waals surface area contributed by atoms with E-state index in [1.54, 1.807) is 36.1 Å². The van der Waals surface area contributed by atoms with Crippen LogP contribution >= 0.6 is 0 Å².